The Morgan fingerprint density at radius 1 is 0.941 bits per heavy atom. The Bertz CT molecular complexity index is 1090. The lowest BCUT2D eigenvalue weighted by molar-refractivity contribution is -0.143. The molecule has 0 aromatic heterocycles. The molecule has 178 valence electrons. The summed E-state index contributed by atoms with van der Waals surface area (Å²) in [6.07, 6.45) is 1.23. The highest BCUT2D eigenvalue weighted by Crippen LogP contribution is 2.39. The van der Waals surface area contributed by atoms with E-state index in [0.29, 0.717) is 32.5 Å². The molecule has 3 aromatic rings. The largest absolute Gasteiger partial charge is 0.497 e. The number of ether oxygens (including phenoxy) is 3. The van der Waals surface area contributed by atoms with E-state index in [-0.39, 0.29) is 12.0 Å². The molecule has 1 heterocycles. The van der Waals surface area contributed by atoms with E-state index >= 15 is 0 Å². The molecule has 1 unspecified atom stereocenters. The molecular formula is C28H31NO5. The zero-order valence-electron chi connectivity index (χ0n) is 19.6. The average molecular weight is 462 g/mol. The quantitative estimate of drug-likeness (QED) is 0.474. The monoisotopic (exact) mass is 461 g/mol. The third-order valence-corrected chi connectivity index (χ3v) is 6.40. The molecule has 0 aliphatic carbocycles. The third-order valence-electron chi connectivity index (χ3n) is 6.40. The number of carbonyl (C=O) groups is 1. The SMILES string of the molecule is COc1ccc(OC)c(C(c2cccc(OCc3ccccc3)c2)N2CCC(C(=O)O)CC2)c1. The van der Waals surface area contributed by atoms with E-state index in [1.165, 1.54) is 0 Å². The van der Waals surface area contributed by atoms with Crippen LogP contribution in [0.2, 0.25) is 0 Å². The lowest BCUT2D eigenvalue weighted by atomic mass is 9.90. The lowest BCUT2D eigenvalue weighted by Gasteiger charge is -2.37. The van der Waals surface area contributed by atoms with Gasteiger partial charge in [-0.05, 0) is 67.4 Å². The molecule has 34 heavy (non-hydrogen) atoms. The predicted molar refractivity (Wildman–Crippen MR) is 131 cm³/mol. The summed E-state index contributed by atoms with van der Waals surface area (Å²) < 4.78 is 17.3. The maximum Gasteiger partial charge on any atom is 0.306 e. The molecule has 0 bridgehead atoms. The van der Waals surface area contributed by atoms with Crippen molar-refractivity contribution in [3.8, 4) is 17.2 Å². The molecule has 1 atom stereocenters. The van der Waals surface area contributed by atoms with Crippen LogP contribution < -0.4 is 14.2 Å². The van der Waals surface area contributed by atoms with Crippen LogP contribution in [0.15, 0.2) is 72.8 Å². The van der Waals surface area contributed by atoms with Crippen LogP contribution in [0.1, 0.15) is 35.6 Å². The molecule has 1 N–H and O–H groups in total. The second-order valence-electron chi connectivity index (χ2n) is 8.51. The Morgan fingerprint density at radius 3 is 2.38 bits per heavy atom. The van der Waals surface area contributed by atoms with Crippen LogP contribution in [0, 0.1) is 5.92 Å². The minimum atomic E-state index is -0.716. The molecule has 6 nitrogen and oxygen atoms in total. The predicted octanol–water partition coefficient (Wildman–Crippen LogP) is 5.17. The normalized spacial score (nSPS) is 15.5. The fraction of sp³-hybridized carbons (Fsp3) is 0.321. The van der Waals surface area contributed by atoms with Crippen molar-refractivity contribution in [3.05, 3.63) is 89.5 Å². The van der Waals surface area contributed by atoms with Crippen molar-refractivity contribution in [1.29, 1.82) is 0 Å². The fourth-order valence-electron chi connectivity index (χ4n) is 4.56. The molecule has 1 saturated heterocycles. The first-order chi connectivity index (χ1) is 16.6. The van der Waals surface area contributed by atoms with Gasteiger partial charge in [-0.25, -0.2) is 0 Å². The average Bonchev–Trinajstić information content (AvgIpc) is 2.89. The number of rotatable bonds is 9. The maximum atomic E-state index is 11.5. The second-order valence-corrected chi connectivity index (χ2v) is 8.51. The Morgan fingerprint density at radius 2 is 1.71 bits per heavy atom. The highest BCUT2D eigenvalue weighted by Gasteiger charge is 2.32. The van der Waals surface area contributed by atoms with E-state index in [4.69, 9.17) is 14.2 Å². The second kappa shape index (κ2) is 11.1. The summed E-state index contributed by atoms with van der Waals surface area (Å²) in [6.45, 7) is 1.84. The van der Waals surface area contributed by atoms with Crippen molar-refractivity contribution >= 4 is 5.97 Å². The number of hydrogen-bond acceptors (Lipinski definition) is 5. The Kier molecular flexibility index (Phi) is 7.70. The first-order valence-electron chi connectivity index (χ1n) is 11.5. The number of carboxylic acid groups (broad SMARTS) is 1. The molecule has 3 aromatic carbocycles. The molecular weight excluding hydrogens is 430 g/mol. The van der Waals surface area contributed by atoms with Gasteiger partial charge in [0.05, 0.1) is 26.2 Å². The number of nitrogens with zero attached hydrogens (tertiary/aromatic N) is 1. The summed E-state index contributed by atoms with van der Waals surface area (Å²) in [5.74, 6) is 1.28. The Balaban J connectivity index is 1.67. The van der Waals surface area contributed by atoms with Crippen LogP contribution in [0.3, 0.4) is 0 Å². The molecule has 1 fully saturated rings. The van der Waals surface area contributed by atoms with E-state index in [2.05, 4.69) is 17.0 Å². The molecule has 0 spiro atoms. The Labute approximate surface area is 200 Å². The lowest BCUT2D eigenvalue weighted by Crippen LogP contribution is -2.39. The van der Waals surface area contributed by atoms with Gasteiger partial charge in [0.15, 0.2) is 0 Å². The summed E-state index contributed by atoms with van der Waals surface area (Å²) in [6, 6.07) is 23.9. The molecule has 0 amide bonds. The number of benzene rings is 3. The summed E-state index contributed by atoms with van der Waals surface area (Å²) in [5, 5.41) is 9.47. The fourth-order valence-corrected chi connectivity index (χ4v) is 4.56. The van der Waals surface area contributed by atoms with Gasteiger partial charge in [-0.1, -0.05) is 42.5 Å². The smallest absolute Gasteiger partial charge is 0.306 e. The zero-order valence-corrected chi connectivity index (χ0v) is 19.6. The van der Waals surface area contributed by atoms with Gasteiger partial charge in [-0.3, -0.25) is 9.69 Å². The van der Waals surface area contributed by atoms with Crippen molar-refractivity contribution in [3.63, 3.8) is 0 Å². The summed E-state index contributed by atoms with van der Waals surface area (Å²) in [5.41, 5.74) is 3.15. The molecule has 4 rings (SSSR count). The van der Waals surface area contributed by atoms with Crippen molar-refractivity contribution in [2.45, 2.75) is 25.5 Å². The van der Waals surface area contributed by atoms with Gasteiger partial charge in [0, 0.05) is 5.56 Å². The van der Waals surface area contributed by atoms with Gasteiger partial charge in [0.25, 0.3) is 0 Å². The standard InChI is InChI=1S/C28H31NO5/c1-32-23-11-12-26(33-2)25(18-23)27(29-15-13-21(14-16-29)28(30)31)22-9-6-10-24(17-22)34-19-20-7-4-3-5-8-20/h3-12,17-18,21,27H,13-16,19H2,1-2H3,(H,30,31). The van der Waals surface area contributed by atoms with Gasteiger partial charge in [-0.2, -0.15) is 0 Å². The first kappa shape index (κ1) is 23.6. The number of carboxylic acids is 1. The molecule has 1 aliphatic rings. The Hall–Kier alpha value is -3.51. The van der Waals surface area contributed by atoms with Crippen molar-refractivity contribution in [2.24, 2.45) is 5.92 Å². The van der Waals surface area contributed by atoms with E-state index < -0.39 is 5.97 Å². The zero-order chi connectivity index (χ0) is 23.9. The van der Waals surface area contributed by atoms with Crippen LogP contribution in [-0.2, 0) is 11.4 Å². The van der Waals surface area contributed by atoms with Crippen LogP contribution in [-0.4, -0.2) is 43.3 Å². The first-order valence-corrected chi connectivity index (χ1v) is 11.5. The van der Waals surface area contributed by atoms with Crippen molar-refractivity contribution in [2.75, 3.05) is 27.3 Å². The summed E-state index contributed by atoms with van der Waals surface area (Å²) in [4.78, 5) is 13.8. The van der Waals surface area contributed by atoms with Gasteiger partial charge in [-0.15, -0.1) is 0 Å². The highest BCUT2D eigenvalue weighted by atomic mass is 16.5. The summed E-state index contributed by atoms with van der Waals surface area (Å²) >= 11 is 0. The summed E-state index contributed by atoms with van der Waals surface area (Å²) in [7, 11) is 3.31. The number of likely N-dealkylation sites (tertiary alicyclic amines) is 1. The van der Waals surface area contributed by atoms with Crippen LogP contribution in [0.4, 0.5) is 0 Å². The highest BCUT2D eigenvalue weighted by molar-refractivity contribution is 5.70. The number of piperidine rings is 1. The van der Waals surface area contributed by atoms with Gasteiger partial charge in [0.1, 0.15) is 23.9 Å². The number of hydrogen-bond donors (Lipinski definition) is 1. The molecule has 0 radical (unpaired) electrons. The van der Waals surface area contributed by atoms with Gasteiger partial charge >= 0.3 is 5.97 Å². The van der Waals surface area contributed by atoms with E-state index in [0.717, 1.165) is 33.9 Å². The topological polar surface area (TPSA) is 68.2 Å². The van der Waals surface area contributed by atoms with E-state index in [1.807, 2.05) is 60.7 Å². The minimum Gasteiger partial charge on any atom is -0.497 e. The van der Waals surface area contributed by atoms with Crippen LogP contribution >= 0.6 is 0 Å². The van der Waals surface area contributed by atoms with Gasteiger partial charge in [0.2, 0.25) is 0 Å². The van der Waals surface area contributed by atoms with Crippen molar-refractivity contribution in [1.82, 2.24) is 4.90 Å². The molecule has 0 saturated carbocycles. The number of methoxy groups -OCH3 is 2. The van der Waals surface area contributed by atoms with Crippen LogP contribution in [0.25, 0.3) is 0 Å². The minimum absolute atomic E-state index is 0.125. The van der Waals surface area contributed by atoms with Gasteiger partial charge < -0.3 is 19.3 Å². The van der Waals surface area contributed by atoms with E-state index in [9.17, 15) is 9.90 Å². The number of aliphatic carboxylic acids is 1. The molecule has 6 heteroatoms. The molecule has 1 aliphatic heterocycles. The van der Waals surface area contributed by atoms with Crippen LogP contribution in [0.5, 0.6) is 17.2 Å². The van der Waals surface area contributed by atoms with Crippen molar-refractivity contribution < 1.29 is 24.1 Å². The van der Waals surface area contributed by atoms with E-state index in [1.54, 1.807) is 14.2 Å². The maximum absolute atomic E-state index is 11.5. The third kappa shape index (κ3) is 5.51.